The van der Waals surface area contributed by atoms with Crippen LogP contribution in [0.2, 0.25) is 0 Å². The van der Waals surface area contributed by atoms with Crippen molar-refractivity contribution >= 4 is 29.4 Å². The molecule has 0 aliphatic carbocycles. The molecular formula is C30H34N10O4. The molecule has 4 bridgehead atoms. The molecule has 0 unspecified atom stereocenters. The summed E-state index contributed by atoms with van der Waals surface area (Å²) in [7, 11) is 0. The number of aromatic nitrogens is 6. The number of imidazole rings is 1. The topological polar surface area (TPSA) is 169 Å². The lowest BCUT2D eigenvalue weighted by atomic mass is 10.00. The van der Waals surface area contributed by atoms with Gasteiger partial charge in [0.15, 0.2) is 0 Å². The molecule has 2 aliphatic heterocycles. The predicted molar refractivity (Wildman–Crippen MR) is 157 cm³/mol. The van der Waals surface area contributed by atoms with Crippen molar-refractivity contribution < 1.29 is 19.2 Å². The van der Waals surface area contributed by atoms with E-state index in [9.17, 15) is 19.2 Å². The average Bonchev–Trinajstić information content (AvgIpc) is 3.74. The summed E-state index contributed by atoms with van der Waals surface area (Å²) in [6, 6.07) is 7.96. The van der Waals surface area contributed by atoms with Crippen molar-refractivity contribution in [2.75, 3.05) is 6.54 Å². The minimum Gasteiger partial charge on any atom is -0.349 e. The third kappa shape index (κ3) is 5.62. The highest BCUT2D eigenvalue weighted by Crippen LogP contribution is 2.30. The number of nitrogens with zero attached hydrogens (tertiary/aromatic N) is 7. The largest absolute Gasteiger partial charge is 0.349 e. The van der Waals surface area contributed by atoms with Gasteiger partial charge >= 0.3 is 0 Å². The molecule has 4 aromatic rings. The summed E-state index contributed by atoms with van der Waals surface area (Å²) in [6.45, 7) is 5.63. The van der Waals surface area contributed by atoms with Gasteiger partial charge in [0.25, 0.3) is 5.91 Å². The van der Waals surface area contributed by atoms with E-state index in [-0.39, 0.29) is 49.7 Å². The molecule has 3 aromatic heterocycles. The van der Waals surface area contributed by atoms with Gasteiger partial charge in [-0.15, -0.1) is 5.10 Å². The molecule has 3 N–H and O–H groups in total. The van der Waals surface area contributed by atoms with E-state index in [1.54, 1.807) is 40.7 Å². The molecule has 1 fully saturated rings. The van der Waals surface area contributed by atoms with Crippen molar-refractivity contribution in [3.63, 3.8) is 0 Å². The maximum atomic E-state index is 14.1. The zero-order chi connectivity index (χ0) is 31.0. The Morgan fingerprint density at radius 1 is 1.05 bits per heavy atom. The van der Waals surface area contributed by atoms with Crippen molar-refractivity contribution in [3.05, 3.63) is 77.6 Å². The van der Waals surface area contributed by atoms with Gasteiger partial charge in [0.05, 0.1) is 24.5 Å². The minimum absolute atomic E-state index is 0.0948. The van der Waals surface area contributed by atoms with Gasteiger partial charge in [-0.3, -0.25) is 23.6 Å². The maximum absolute atomic E-state index is 14.1. The molecule has 5 heterocycles. The number of hydrogen-bond donors (Lipinski definition) is 3. The van der Waals surface area contributed by atoms with Crippen LogP contribution in [-0.2, 0) is 27.3 Å². The van der Waals surface area contributed by atoms with Crippen molar-refractivity contribution in [1.82, 2.24) is 50.2 Å². The van der Waals surface area contributed by atoms with E-state index >= 15 is 0 Å². The minimum atomic E-state index is -0.950. The van der Waals surface area contributed by atoms with Crippen molar-refractivity contribution in [2.24, 2.45) is 5.92 Å². The third-order valence-electron chi connectivity index (χ3n) is 8.16. The van der Waals surface area contributed by atoms with Gasteiger partial charge in [0.1, 0.15) is 29.5 Å². The Kier molecular flexibility index (Phi) is 7.80. The number of benzene rings is 1. The molecule has 4 atom stereocenters. The fraction of sp³-hybridized carbons (Fsp3) is 0.400. The van der Waals surface area contributed by atoms with Crippen LogP contribution in [0.5, 0.6) is 0 Å². The fourth-order valence-electron chi connectivity index (χ4n) is 5.85. The first-order valence-electron chi connectivity index (χ1n) is 14.6. The summed E-state index contributed by atoms with van der Waals surface area (Å²) in [5.74, 6) is -1.65. The molecule has 1 saturated heterocycles. The molecule has 6 rings (SSSR count). The van der Waals surface area contributed by atoms with E-state index in [0.29, 0.717) is 22.9 Å². The van der Waals surface area contributed by atoms with E-state index in [2.05, 4.69) is 36.2 Å². The molecule has 228 valence electrons. The molecule has 0 saturated carbocycles. The van der Waals surface area contributed by atoms with Crippen LogP contribution in [0.4, 0.5) is 0 Å². The lowest BCUT2D eigenvalue weighted by Gasteiger charge is -2.29. The van der Waals surface area contributed by atoms with Crippen LogP contribution in [0.15, 0.2) is 55.0 Å². The molecule has 0 radical (unpaired) electrons. The number of amides is 4. The standard InChI is InChI=1S/C30H34N10O4/c1-17(2)24-28(43)34-22(12-19-8-5-4-6-9-19)26(41)32-14-20-15-40(37-36-20)21-13-23(27(42)35-24)39(16-21)29(44)25-18(3)33-30-31-10-7-11-38(25)30/h4-11,15,17,21-24H,12-14,16H2,1-3H3,(H,32,41)(H,34,43)(H,35,42)/t21-,22+,23-,24-/m0/s1. The Balaban J connectivity index is 1.34. The van der Waals surface area contributed by atoms with E-state index < -0.39 is 29.9 Å². The van der Waals surface area contributed by atoms with Crippen LogP contribution in [0.1, 0.15) is 53.7 Å². The van der Waals surface area contributed by atoms with Gasteiger partial charge < -0.3 is 20.9 Å². The van der Waals surface area contributed by atoms with Crippen LogP contribution in [0.3, 0.4) is 0 Å². The number of likely N-dealkylation sites (tertiary alicyclic amines) is 1. The normalized spacial score (nSPS) is 22.7. The number of nitrogens with one attached hydrogen (secondary N) is 3. The number of aryl methyl sites for hydroxylation is 1. The molecule has 14 heteroatoms. The highest BCUT2D eigenvalue weighted by atomic mass is 16.2. The summed E-state index contributed by atoms with van der Waals surface area (Å²) >= 11 is 0. The summed E-state index contributed by atoms with van der Waals surface area (Å²) in [5, 5.41) is 17.1. The zero-order valence-corrected chi connectivity index (χ0v) is 24.7. The molecule has 4 amide bonds. The SMILES string of the molecule is Cc1nc2ncccn2c1C(=O)N1C[C@@H]2C[C@H]1C(=O)N[C@@H](C(C)C)C(=O)N[C@H](Cc1ccccc1)C(=O)NCc1cn2nn1. The van der Waals surface area contributed by atoms with Crippen molar-refractivity contribution in [1.29, 1.82) is 0 Å². The summed E-state index contributed by atoms with van der Waals surface area (Å²) in [4.78, 5) is 65.2. The molecule has 1 aromatic carbocycles. The second kappa shape index (κ2) is 11.9. The highest BCUT2D eigenvalue weighted by Gasteiger charge is 2.44. The molecular weight excluding hydrogens is 564 g/mol. The number of carbonyl (C=O) groups excluding carboxylic acids is 4. The Labute approximate surface area is 253 Å². The molecule has 0 spiro atoms. The van der Waals surface area contributed by atoms with Gasteiger partial charge in [0, 0.05) is 31.8 Å². The number of rotatable bonds is 4. The van der Waals surface area contributed by atoms with Gasteiger partial charge in [-0.1, -0.05) is 49.4 Å². The van der Waals surface area contributed by atoms with Crippen LogP contribution in [0.25, 0.3) is 5.78 Å². The van der Waals surface area contributed by atoms with Crippen LogP contribution < -0.4 is 16.0 Å². The second-order valence-corrected chi connectivity index (χ2v) is 11.6. The Hall–Kier alpha value is -5.14. The van der Waals surface area contributed by atoms with Gasteiger partial charge in [-0.05, 0) is 24.5 Å². The number of hydrogen-bond acceptors (Lipinski definition) is 8. The van der Waals surface area contributed by atoms with E-state index in [0.717, 1.165) is 5.56 Å². The smallest absolute Gasteiger partial charge is 0.273 e. The average molecular weight is 599 g/mol. The van der Waals surface area contributed by atoms with Crippen molar-refractivity contribution in [3.8, 4) is 0 Å². The lowest BCUT2D eigenvalue weighted by molar-refractivity contribution is -0.134. The Morgan fingerprint density at radius 3 is 2.61 bits per heavy atom. The van der Waals surface area contributed by atoms with Crippen molar-refractivity contribution in [2.45, 2.75) is 64.3 Å². The molecule has 14 nitrogen and oxygen atoms in total. The summed E-state index contributed by atoms with van der Waals surface area (Å²) < 4.78 is 3.24. The van der Waals surface area contributed by atoms with E-state index in [4.69, 9.17) is 0 Å². The predicted octanol–water partition coefficient (Wildman–Crippen LogP) is 0.583. The second-order valence-electron chi connectivity index (χ2n) is 11.6. The maximum Gasteiger partial charge on any atom is 0.273 e. The van der Waals surface area contributed by atoms with Gasteiger partial charge in [-0.2, -0.15) is 0 Å². The first-order valence-corrected chi connectivity index (χ1v) is 14.6. The van der Waals surface area contributed by atoms with Crippen LogP contribution in [0, 0.1) is 12.8 Å². The Morgan fingerprint density at radius 2 is 1.84 bits per heavy atom. The van der Waals surface area contributed by atoms with Crippen LogP contribution in [-0.4, -0.2) is 82.6 Å². The summed E-state index contributed by atoms with van der Waals surface area (Å²) in [6.07, 6.45) is 5.52. The Bertz CT molecular complexity index is 1710. The van der Waals surface area contributed by atoms with Crippen LogP contribution >= 0.6 is 0 Å². The van der Waals surface area contributed by atoms with E-state index in [1.807, 2.05) is 44.2 Å². The number of fused-ring (bicyclic) bond motifs is 6. The molecule has 44 heavy (non-hydrogen) atoms. The van der Waals surface area contributed by atoms with Gasteiger partial charge in [-0.25, -0.2) is 14.6 Å². The quantitative estimate of drug-likeness (QED) is 0.307. The lowest BCUT2D eigenvalue weighted by Crippen LogP contribution is -2.58. The van der Waals surface area contributed by atoms with Gasteiger partial charge in [0.2, 0.25) is 23.5 Å². The first-order chi connectivity index (χ1) is 21.2. The van der Waals surface area contributed by atoms with E-state index in [1.165, 1.54) is 4.90 Å². The monoisotopic (exact) mass is 598 g/mol. The third-order valence-corrected chi connectivity index (χ3v) is 8.16. The highest BCUT2D eigenvalue weighted by molar-refractivity contribution is 5.99. The fourth-order valence-corrected chi connectivity index (χ4v) is 5.85. The summed E-state index contributed by atoms with van der Waals surface area (Å²) in [5.41, 5.74) is 2.17. The zero-order valence-electron chi connectivity index (χ0n) is 24.7. The first kappa shape index (κ1) is 29.0. The molecule has 2 aliphatic rings. The number of carbonyl (C=O) groups is 4.